The molecule has 0 saturated carbocycles. The summed E-state index contributed by atoms with van der Waals surface area (Å²) in [6.07, 6.45) is 5.20. The van der Waals surface area contributed by atoms with Crippen LogP contribution in [0, 0.1) is 25.6 Å². The molecule has 282 valence electrons. The summed E-state index contributed by atoms with van der Waals surface area (Å²) in [5, 5.41) is 23.7. The lowest BCUT2D eigenvalue weighted by Gasteiger charge is -2.22. The lowest BCUT2D eigenvalue weighted by molar-refractivity contribution is 0.0622. The lowest BCUT2D eigenvalue weighted by atomic mass is 9.96. The first-order valence-corrected chi connectivity index (χ1v) is 20.3. The smallest absolute Gasteiger partial charge is 0.352 e. The number of aromatic carboxylic acids is 1. The number of aromatic nitrogens is 5. The fourth-order valence-corrected chi connectivity index (χ4v) is 9.49. The topological polar surface area (TPSA) is 96.3 Å². The van der Waals surface area contributed by atoms with Crippen LogP contribution < -0.4 is 4.74 Å². The van der Waals surface area contributed by atoms with E-state index in [4.69, 9.17) is 31.3 Å². The van der Waals surface area contributed by atoms with Crippen molar-refractivity contribution < 1.29 is 23.8 Å². The van der Waals surface area contributed by atoms with Gasteiger partial charge in [-0.2, -0.15) is 10.2 Å². The third-order valence-electron chi connectivity index (χ3n) is 11.2. The van der Waals surface area contributed by atoms with E-state index in [0.29, 0.717) is 53.3 Å². The molecule has 0 amide bonds. The van der Waals surface area contributed by atoms with E-state index in [-0.39, 0.29) is 11.5 Å². The van der Waals surface area contributed by atoms with Crippen LogP contribution in [0.1, 0.15) is 70.1 Å². The maximum absolute atomic E-state index is 14.4. The molecule has 54 heavy (non-hydrogen) atoms. The Hall–Kier alpha value is -4.32. The number of benzene rings is 3. The van der Waals surface area contributed by atoms with Gasteiger partial charge in [-0.1, -0.05) is 17.7 Å². The number of rotatable bonds is 4. The predicted molar refractivity (Wildman–Crippen MR) is 212 cm³/mol. The van der Waals surface area contributed by atoms with Gasteiger partial charge in [-0.25, -0.2) is 9.18 Å². The number of carbonyl (C=O) groups is 1. The summed E-state index contributed by atoms with van der Waals surface area (Å²) < 4.78 is 32.4. The predicted octanol–water partition coefficient (Wildman–Crippen LogP) is 9.32. The number of fused-ring (bicyclic) bond motifs is 8. The van der Waals surface area contributed by atoms with Crippen LogP contribution in [0.3, 0.4) is 0 Å². The van der Waals surface area contributed by atoms with E-state index in [2.05, 4.69) is 17.7 Å². The van der Waals surface area contributed by atoms with Gasteiger partial charge in [-0.3, -0.25) is 9.36 Å². The Morgan fingerprint density at radius 1 is 1.02 bits per heavy atom. The number of nitrogens with zero attached hydrogens (tertiary/aromatic N) is 5. The second-order valence-electron chi connectivity index (χ2n) is 14.6. The third-order valence-corrected chi connectivity index (χ3v) is 12.4. The van der Waals surface area contributed by atoms with E-state index in [0.717, 1.165) is 113 Å². The molecular formula is C42H45ClFN5O4S. The van der Waals surface area contributed by atoms with E-state index < -0.39 is 5.97 Å². The number of carboxylic acids is 1. The van der Waals surface area contributed by atoms with Crippen LogP contribution in [0.4, 0.5) is 4.39 Å². The largest absolute Gasteiger partial charge is 0.493 e. The number of aryl methyl sites for hydroxylation is 6. The summed E-state index contributed by atoms with van der Waals surface area (Å²) in [4.78, 5) is 12.9. The highest BCUT2D eigenvalue weighted by molar-refractivity contribution is 7.97. The van der Waals surface area contributed by atoms with Gasteiger partial charge in [-0.15, -0.1) is 11.8 Å². The molecule has 0 aliphatic carbocycles. The van der Waals surface area contributed by atoms with E-state index in [9.17, 15) is 14.3 Å². The Balaban J connectivity index is 1.23. The Bertz CT molecular complexity index is 2380. The van der Waals surface area contributed by atoms with Gasteiger partial charge < -0.3 is 19.1 Å². The Kier molecular flexibility index (Phi) is 10.5. The summed E-state index contributed by atoms with van der Waals surface area (Å²) in [7, 11) is 1.98. The molecule has 0 atom stereocenters. The highest BCUT2D eigenvalue weighted by Crippen LogP contribution is 2.43. The van der Waals surface area contributed by atoms with Crippen molar-refractivity contribution in [2.75, 3.05) is 19.8 Å². The summed E-state index contributed by atoms with van der Waals surface area (Å²) >= 11 is 8.92. The molecule has 2 aliphatic heterocycles. The standard InChI is InChI=1S/C42H45ClFN5O4S/c1-25-38-36-10-9-34(43)40(38)39-26(2)49(15-11-27-12-17-52-18-13-27)46-35(39)24-54-23-31-22-32(47(3)45-31)7-5-28-19-29-21-30(44)6-8-33(29)37(20-28)53-16-4-14-48(36)41(25)42(50)51/h6,8-10,19-22,27H,4-5,7,11-18,23-24H2,1-3H3,(H,50,51). The summed E-state index contributed by atoms with van der Waals surface area (Å²) in [5.74, 6) is 1.34. The van der Waals surface area contributed by atoms with Crippen molar-refractivity contribution in [2.24, 2.45) is 13.0 Å². The number of ether oxygens (including phenoxy) is 2. The SMILES string of the molecule is Cc1c(C(=O)O)n2c3ccc(Cl)c(c13)-c1c(nn(CCC3CCOCC3)c1C)CSCc1cc(n(C)n1)CCc1cc(c3ccc(F)cc3c1)OCCC2. The number of thioether (sulfide) groups is 1. The van der Waals surface area contributed by atoms with Gasteiger partial charge in [0.2, 0.25) is 0 Å². The molecule has 3 aromatic heterocycles. The summed E-state index contributed by atoms with van der Waals surface area (Å²) in [5.41, 5.74) is 8.65. The van der Waals surface area contributed by atoms with E-state index in [1.165, 1.54) is 6.07 Å². The molecule has 5 heterocycles. The number of halogens is 2. The minimum atomic E-state index is -0.990. The normalized spacial score (nSPS) is 16.0. The van der Waals surface area contributed by atoms with Crippen molar-refractivity contribution in [3.05, 3.63) is 99.0 Å². The van der Waals surface area contributed by atoms with Crippen LogP contribution in [0.2, 0.25) is 5.02 Å². The molecule has 8 rings (SSSR count). The van der Waals surface area contributed by atoms with Gasteiger partial charge in [0.05, 0.1) is 18.0 Å². The van der Waals surface area contributed by atoms with Gasteiger partial charge in [0.1, 0.15) is 17.3 Å². The lowest BCUT2D eigenvalue weighted by Crippen LogP contribution is -2.18. The van der Waals surface area contributed by atoms with Gasteiger partial charge in [0.25, 0.3) is 0 Å². The zero-order chi connectivity index (χ0) is 37.5. The average molecular weight is 770 g/mol. The van der Waals surface area contributed by atoms with Gasteiger partial charge in [-0.05, 0) is 117 Å². The molecule has 2 aliphatic rings. The van der Waals surface area contributed by atoms with Crippen molar-refractivity contribution in [2.45, 2.75) is 77.0 Å². The maximum atomic E-state index is 14.4. The number of hydrogen-bond acceptors (Lipinski definition) is 6. The number of carboxylic acid groups (broad SMARTS) is 1. The Labute approximate surface area is 323 Å². The molecule has 12 heteroatoms. The zero-order valence-corrected chi connectivity index (χ0v) is 32.5. The molecule has 9 nitrogen and oxygen atoms in total. The second kappa shape index (κ2) is 15.4. The van der Waals surface area contributed by atoms with Crippen LogP contribution in [0.25, 0.3) is 32.8 Å². The molecule has 1 fully saturated rings. The highest BCUT2D eigenvalue weighted by Gasteiger charge is 2.28. The minimum absolute atomic E-state index is 0.241. The van der Waals surface area contributed by atoms with E-state index in [1.807, 2.05) is 47.5 Å². The van der Waals surface area contributed by atoms with Crippen molar-refractivity contribution in [1.82, 2.24) is 24.1 Å². The van der Waals surface area contributed by atoms with Gasteiger partial charge in [0.15, 0.2) is 0 Å². The average Bonchev–Trinajstić information content (AvgIpc) is 3.77. The van der Waals surface area contributed by atoms with Gasteiger partial charge >= 0.3 is 5.97 Å². The van der Waals surface area contributed by atoms with E-state index >= 15 is 0 Å². The first-order valence-electron chi connectivity index (χ1n) is 18.8. The minimum Gasteiger partial charge on any atom is -0.493 e. The molecule has 1 saturated heterocycles. The van der Waals surface area contributed by atoms with Crippen molar-refractivity contribution >= 4 is 51.0 Å². The third kappa shape index (κ3) is 7.13. The fourth-order valence-electron chi connectivity index (χ4n) is 8.39. The molecule has 3 aromatic carbocycles. The molecule has 0 unspecified atom stereocenters. The number of hydrogen-bond donors (Lipinski definition) is 1. The van der Waals surface area contributed by atoms with Crippen LogP contribution in [-0.2, 0) is 49.2 Å². The molecule has 6 aromatic rings. The summed E-state index contributed by atoms with van der Waals surface area (Å²) in [6.45, 7) is 7.16. The Morgan fingerprint density at radius 3 is 2.67 bits per heavy atom. The molecular weight excluding hydrogens is 725 g/mol. The fraction of sp³-hybridized carbons (Fsp3) is 0.405. The molecule has 8 bridgehead atoms. The van der Waals surface area contributed by atoms with Crippen LogP contribution in [0.5, 0.6) is 5.75 Å². The van der Waals surface area contributed by atoms with E-state index in [1.54, 1.807) is 23.9 Å². The van der Waals surface area contributed by atoms with Crippen LogP contribution in [-0.4, -0.2) is 55.0 Å². The van der Waals surface area contributed by atoms with Crippen LogP contribution in [0.15, 0.2) is 48.5 Å². The zero-order valence-electron chi connectivity index (χ0n) is 31.0. The summed E-state index contributed by atoms with van der Waals surface area (Å²) in [6, 6.07) is 14.8. The highest BCUT2D eigenvalue weighted by atomic mass is 35.5. The first-order chi connectivity index (χ1) is 26.2. The van der Waals surface area contributed by atoms with Crippen LogP contribution >= 0.6 is 23.4 Å². The Morgan fingerprint density at radius 2 is 1.85 bits per heavy atom. The molecule has 0 spiro atoms. The molecule has 1 N–H and O–H groups in total. The second-order valence-corrected chi connectivity index (χ2v) is 16.0. The first kappa shape index (κ1) is 36.6. The van der Waals surface area contributed by atoms with Gasteiger partial charge in [0, 0.05) is 88.7 Å². The monoisotopic (exact) mass is 769 g/mol. The maximum Gasteiger partial charge on any atom is 0.352 e. The van der Waals surface area contributed by atoms with Crippen molar-refractivity contribution in [3.8, 4) is 16.9 Å². The molecule has 0 radical (unpaired) electrons. The quantitative estimate of drug-likeness (QED) is 0.191. The van der Waals surface area contributed by atoms with Crippen molar-refractivity contribution in [1.29, 1.82) is 0 Å². The van der Waals surface area contributed by atoms with Crippen molar-refractivity contribution in [3.63, 3.8) is 0 Å².